The molecule has 0 aliphatic carbocycles. The van der Waals surface area contributed by atoms with E-state index in [9.17, 15) is 0 Å². The van der Waals surface area contributed by atoms with E-state index in [1.807, 2.05) is 18.8 Å². The summed E-state index contributed by atoms with van der Waals surface area (Å²) in [5.41, 5.74) is 3.81. The molecule has 2 atom stereocenters. The van der Waals surface area contributed by atoms with Crippen molar-refractivity contribution in [1.82, 2.24) is 15.1 Å². The lowest BCUT2D eigenvalue weighted by Gasteiger charge is -2.24. The van der Waals surface area contributed by atoms with Crippen LogP contribution in [0.25, 0.3) is 0 Å². The van der Waals surface area contributed by atoms with Crippen LogP contribution >= 0.6 is 0 Å². The molecule has 1 aromatic rings. The van der Waals surface area contributed by atoms with E-state index in [0.717, 1.165) is 5.69 Å². The van der Waals surface area contributed by atoms with E-state index in [4.69, 9.17) is 0 Å². The molecule has 16 heavy (non-hydrogen) atoms. The van der Waals surface area contributed by atoms with Crippen molar-refractivity contribution in [2.24, 2.45) is 13.0 Å². The topological polar surface area (TPSA) is 29.9 Å². The zero-order chi connectivity index (χ0) is 12.3. The maximum absolute atomic E-state index is 4.50. The number of hydrogen-bond donors (Lipinski definition) is 1. The van der Waals surface area contributed by atoms with Gasteiger partial charge in [-0.2, -0.15) is 5.10 Å². The summed E-state index contributed by atoms with van der Waals surface area (Å²) in [6.07, 6.45) is 2.48. The Kier molecular flexibility index (Phi) is 4.54. The predicted molar refractivity (Wildman–Crippen MR) is 68.6 cm³/mol. The third kappa shape index (κ3) is 2.46. The minimum atomic E-state index is 0.425. The Morgan fingerprint density at radius 1 is 1.38 bits per heavy atom. The van der Waals surface area contributed by atoms with Crippen molar-refractivity contribution in [1.29, 1.82) is 0 Å². The molecule has 0 spiro atoms. The summed E-state index contributed by atoms with van der Waals surface area (Å²) < 4.78 is 1.98. The molecule has 1 rings (SSSR count). The molecular weight excluding hydrogens is 198 g/mol. The van der Waals surface area contributed by atoms with Crippen LogP contribution in [-0.4, -0.2) is 16.8 Å². The summed E-state index contributed by atoms with van der Waals surface area (Å²) in [5.74, 6) is 0.650. The van der Waals surface area contributed by atoms with E-state index in [1.54, 1.807) is 0 Å². The van der Waals surface area contributed by atoms with Gasteiger partial charge < -0.3 is 5.32 Å². The highest BCUT2D eigenvalue weighted by Gasteiger charge is 2.23. The number of aromatic nitrogens is 2. The molecule has 2 unspecified atom stereocenters. The lowest BCUT2D eigenvalue weighted by molar-refractivity contribution is 0.381. The highest BCUT2D eigenvalue weighted by atomic mass is 15.3. The van der Waals surface area contributed by atoms with Crippen molar-refractivity contribution in [3.63, 3.8) is 0 Å². The second-order valence-electron chi connectivity index (χ2n) is 4.74. The van der Waals surface area contributed by atoms with Gasteiger partial charge in [-0.3, -0.25) is 4.68 Å². The van der Waals surface area contributed by atoms with Crippen LogP contribution in [0, 0.1) is 19.8 Å². The molecule has 0 aromatic carbocycles. The van der Waals surface area contributed by atoms with Crippen molar-refractivity contribution in [2.75, 3.05) is 7.05 Å². The van der Waals surface area contributed by atoms with E-state index in [0.29, 0.717) is 12.0 Å². The molecule has 1 N–H and O–H groups in total. The summed E-state index contributed by atoms with van der Waals surface area (Å²) in [5, 5.41) is 7.94. The maximum atomic E-state index is 4.50. The molecule has 0 saturated carbocycles. The minimum Gasteiger partial charge on any atom is -0.313 e. The van der Waals surface area contributed by atoms with Gasteiger partial charge >= 0.3 is 0 Å². The van der Waals surface area contributed by atoms with Gasteiger partial charge in [0.1, 0.15) is 0 Å². The molecule has 0 aliphatic heterocycles. The Hall–Kier alpha value is -0.830. The van der Waals surface area contributed by atoms with E-state index in [-0.39, 0.29) is 0 Å². The molecule has 0 amide bonds. The zero-order valence-corrected chi connectivity index (χ0v) is 11.5. The van der Waals surface area contributed by atoms with Gasteiger partial charge in [-0.1, -0.05) is 20.3 Å². The van der Waals surface area contributed by atoms with E-state index < -0.39 is 0 Å². The Morgan fingerprint density at radius 2 is 2.00 bits per heavy atom. The van der Waals surface area contributed by atoms with Crippen LogP contribution in [-0.2, 0) is 7.05 Å². The molecule has 92 valence electrons. The van der Waals surface area contributed by atoms with Gasteiger partial charge in [0.25, 0.3) is 0 Å². The molecule has 0 bridgehead atoms. The van der Waals surface area contributed by atoms with Crippen LogP contribution in [0.3, 0.4) is 0 Å². The average Bonchev–Trinajstić information content (AvgIpc) is 2.46. The zero-order valence-electron chi connectivity index (χ0n) is 11.5. The van der Waals surface area contributed by atoms with Crippen LogP contribution in [0.4, 0.5) is 0 Å². The van der Waals surface area contributed by atoms with Gasteiger partial charge in [0.05, 0.1) is 5.69 Å². The average molecular weight is 223 g/mol. The van der Waals surface area contributed by atoms with Crippen molar-refractivity contribution >= 4 is 0 Å². The van der Waals surface area contributed by atoms with Crippen LogP contribution in [0.2, 0.25) is 0 Å². The van der Waals surface area contributed by atoms with Crippen LogP contribution in [0.5, 0.6) is 0 Å². The second kappa shape index (κ2) is 5.48. The molecule has 0 saturated heterocycles. The smallest absolute Gasteiger partial charge is 0.0644 e. The quantitative estimate of drug-likeness (QED) is 0.832. The van der Waals surface area contributed by atoms with Gasteiger partial charge in [-0.15, -0.1) is 0 Å². The maximum Gasteiger partial charge on any atom is 0.0644 e. The molecule has 0 radical (unpaired) electrons. The monoisotopic (exact) mass is 223 g/mol. The summed E-state index contributed by atoms with van der Waals surface area (Å²) in [6.45, 7) is 8.81. The standard InChI is InChI=1S/C13H25N3/c1-7-8-9(2)13(14-5)12-10(3)15-16(6)11(12)4/h9,13-14H,7-8H2,1-6H3. The van der Waals surface area contributed by atoms with Gasteiger partial charge in [0, 0.05) is 24.3 Å². The van der Waals surface area contributed by atoms with Crippen molar-refractivity contribution in [2.45, 2.75) is 46.6 Å². The SMILES string of the molecule is CCCC(C)C(NC)c1c(C)nn(C)c1C. The number of rotatable bonds is 5. The van der Waals surface area contributed by atoms with Gasteiger partial charge in [-0.05, 0) is 33.2 Å². The van der Waals surface area contributed by atoms with Crippen molar-refractivity contribution in [3.05, 3.63) is 17.0 Å². The fourth-order valence-corrected chi connectivity index (χ4v) is 2.58. The van der Waals surface area contributed by atoms with Crippen LogP contribution in [0.1, 0.15) is 49.7 Å². The molecular formula is C13H25N3. The first-order chi connectivity index (χ1) is 7.52. The largest absolute Gasteiger partial charge is 0.313 e. The third-order valence-electron chi connectivity index (χ3n) is 3.50. The summed E-state index contributed by atoms with van der Waals surface area (Å²) in [4.78, 5) is 0. The minimum absolute atomic E-state index is 0.425. The molecule has 1 aromatic heterocycles. The van der Waals surface area contributed by atoms with Gasteiger partial charge in [0.15, 0.2) is 0 Å². The summed E-state index contributed by atoms with van der Waals surface area (Å²) in [7, 11) is 4.06. The van der Waals surface area contributed by atoms with E-state index >= 15 is 0 Å². The number of nitrogens with one attached hydrogen (secondary N) is 1. The Morgan fingerprint density at radius 3 is 2.38 bits per heavy atom. The lowest BCUT2D eigenvalue weighted by Crippen LogP contribution is -2.24. The Labute approximate surface area is 99.2 Å². The highest BCUT2D eigenvalue weighted by molar-refractivity contribution is 5.28. The third-order valence-corrected chi connectivity index (χ3v) is 3.50. The predicted octanol–water partition coefficient (Wildman–Crippen LogP) is 2.73. The number of nitrogens with zero attached hydrogens (tertiary/aromatic N) is 2. The summed E-state index contributed by atoms with van der Waals surface area (Å²) >= 11 is 0. The van der Waals surface area contributed by atoms with E-state index in [2.05, 4.69) is 38.1 Å². The van der Waals surface area contributed by atoms with Gasteiger partial charge in [0.2, 0.25) is 0 Å². The number of hydrogen-bond acceptors (Lipinski definition) is 2. The van der Waals surface area contributed by atoms with Crippen molar-refractivity contribution in [3.8, 4) is 0 Å². The lowest BCUT2D eigenvalue weighted by atomic mass is 9.90. The van der Waals surface area contributed by atoms with Crippen molar-refractivity contribution < 1.29 is 0 Å². The van der Waals surface area contributed by atoms with Crippen LogP contribution < -0.4 is 5.32 Å². The molecule has 1 heterocycles. The molecule has 0 fully saturated rings. The highest BCUT2D eigenvalue weighted by Crippen LogP contribution is 2.29. The Bertz CT molecular complexity index is 341. The summed E-state index contributed by atoms with van der Waals surface area (Å²) in [6, 6.07) is 0.425. The fourth-order valence-electron chi connectivity index (χ4n) is 2.58. The van der Waals surface area contributed by atoms with Gasteiger partial charge in [-0.25, -0.2) is 0 Å². The molecule has 3 heteroatoms. The number of aryl methyl sites for hydroxylation is 2. The first-order valence-electron chi connectivity index (χ1n) is 6.20. The first-order valence-corrected chi connectivity index (χ1v) is 6.20. The van der Waals surface area contributed by atoms with Crippen LogP contribution in [0.15, 0.2) is 0 Å². The molecule has 0 aliphatic rings. The fraction of sp³-hybridized carbons (Fsp3) is 0.769. The normalized spacial score (nSPS) is 15.1. The second-order valence-corrected chi connectivity index (χ2v) is 4.74. The van der Waals surface area contributed by atoms with E-state index in [1.165, 1.54) is 24.1 Å². The first kappa shape index (κ1) is 13.2. The molecule has 3 nitrogen and oxygen atoms in total. The Balaban J connectivity index is 3.03.